The van der Waals surface area contributed by atoms with Gasteiger partial charge in [0.25, 0.3) is 0 Å². The number of esters is 2. The number of thioether (sulfide) groups is 1. The normalized spacial score (nSPS) is 28.4. The van der Waals surface area contributed by atoms with E-state index in [-0.39, 0.29) is 99.1 Å². The number of nitrogens with one attached hydrogen (secondary N) is 7. The van der Waals surface area contributed by atoms with Crippen LogP contribution in [0.15, 0.2) is 127 Å². The fourth-order valence-corrected chi connectivity index (χ4v) is 22.4. The molecule has 1 unspecified atom stereocenters. The molecule has 0 radical (unpaired) electrons. The van der Waals surface area contributed by atoms with Gasteiger partial charge < -0.3 is 96.9 Å². The van der Waals surface area contributed by atoms with Crippen LogP contribution in [0.2, 0.25) is 5.02 Å². The van der Waals surface area contributed by atoms with Crippen LogP contribution < -0.4 is 52.6 Å². The Morgan fingerprint density at radius 1 is 0.790 bits per heavy atom. The van der Waals surface area contributed by atoms with Gasteiger partial charge in [0.1, 0.15) is 70.4 Å². The minimum atomic E-state index is -1.74. The number of likely N-dealkylation sites (N-methyl/N-ethyl adjacent to an activating group) is 1. The fourth-order valence-electron chi connectivity index (χ4n) is 18.6. The van der Waals surface area contributed by atoms with Crippen LogP contribution in [-0.2, 0) is 112 Å². The van der Waals surface area contributed by atoms with Gasteiger partial charge >= 0.3 is 11.9 Å². The molecule has 5 heterocycles. The number of halogens is 1. The van der Waals surface area contributed by atoms with E-state index in [0.717, 1.165) is 55.6 Å². The summed E-state index contributed by atoms with van der Waals surface area (Å²) in [6, 6.07) is 17.5. The number of unbranched alkanes of at least 4 members (excludes halogenated alkanes) is 1. The molecule has 750 valence electrons. The second-order valence-corrected chi connectivity index (χ2v) is 41.6. The minimum absolute atomic E-state index is 0.0114. The van der Waals surface area contributed by atoms with Crippen molar-refractivity contribution in [2.75, 3.05) is 70.2 Å². The summed E-state index contributed by atoms with van der Waals surface area (Å²) in [6.07, 6.45) is 2.43. The van der Waals surface area contributed by atoms with Crippen LogP contribution in [-0.4, -0.2) is 280 Å². The molecule has 1 saturated carbocycles. The number of aliphatic hydroxyl groups excluding tert-OH is 3. The number of ether oxygens (including phenoxy) is 5. The Labute approximate surface area is 822 Å². The Balaban J connectivity index is 0.751. The zero-order valence-electron chi connectivity index (χ0n) is 79.8. The summed E-state index contributed by atoms with van der Waals surface area (Å²) in [5, 5.41) is 62.8. The molecule has 4 saturated heterocycles. The Bertz CT molecular complexity index is 5120. The van der Waals surface area contributed by atoms with Crippen molar-refractivity contribution in [3.05, 3.63) is 160 Å². The number of methoxy groups -OCH3 is 2. The number of anilines is 1. The van der Waals surface area contributed by atoms with Crippen LogP contribution in [0, 0.1) is 23.7 Å². The number of carbonyl (C=O) groups excluding carboxylic acids is 14. The molecule has 13 N–H and O–H groups in total. The molecule has 5 aliphatic heterocycles. The molecule has 4 bridgehead atoms. The van der Waals surface area contributed by atoms with Crippen molar-refractivity contribution < 1.29 is 111 Å². The smallest absolute Gasteiger partial charge is 0.328 e. The first-order valence-corrected chi connectivity index (χ1v) is 51.2. The lowest BCUT2D eigenvalue weighted by Gasteiger charge is -2.42. The largest absolute Gasteiger partial charge is 0.495 e. The highest BCUT2D eigenvalue weighted by Crippen LogP contribution is 2.51. The van der Waals surface area contributed by atoms with Crippen LogP contribution in [0.1, 0.15) is 166 Å². The van der Waals surface area contributed by atoms with E-state index in [1.807, 2.05) is 55.5 Å². The van der Waals surface area contributed by atoms with Gasteiger partial charge in [0.15, 0.2) is 5.78 Å². The summed E-state index contributed by atoms with van der Waals surface area (Å²) in [4.78, 5) is 208. The summed E-state index contributed by atoms with van der Waals surface area (Å²) in [5.74, 6) is -12.5. The third-order valence-electron chi connectivity index (χ3n) is 27.3. The highest BCUT2D eigenvalue weighted by atomic mass is 35.5. The van der Waals surface area contributed by atoms with E-state index in [1.54, 1.807) is 86.6 Å². The number of carbonyl (C=O) groups is 14. The number of fused-ring (bicyclic) bond motifs is 6. The van der Waals surface area contributed by atoms with Gasteiger partial charge in [-0.25, -0.2) is 4.79 Å². The van der Waals surface area contributed by atoms with Gasteiger partial charge in [0.2, 0.25) is 65.0 Å². The molecule has 0 spiro atoms. The van der Waals surface area contributed by atoms with Crippen molar-refractivity contribution >= 4 is 139 Å². The average Bonchev–Trinajstić information content (AvgIpc) is 1.57. The number of benzene rings is 4. The quantitative estimate of drug-likeness (QED) is 0.00939. The molecule has 2 aliphatic carbocycles. The molecule has 34 nitrogen and oxygen atoms in total. The van der Waals surface area contributed by atoms with E-state index in [9.17, 15) is 68.4 Å². The number of epoxide rings is 1. The molecule has 11 rings (SSSR count). The summed E-state index contributed by atoms with van der Waals surface area (Å²) < 4.78 is 30.1. The standard InChI is InChI=1S/C100H132ClN11O23S3/c1-56-23-17-20-31-81(132-10)100(130)50-79(133-86(120)51-100)57(2)89-99(6,135-89)82(49-84(118)111(8)76-44-64(41-56)45-78(131-9)87(76)101)134-98(129)58(3)110(7)83(117)38-40-136-80-48-85(119)112(97(80)128)52-63-32-34-66(35-33-63)90(121)104-71(43-62-26-15-12-16-27-62)93(124)107-74-54-137-138-55-75(95(126)106-73(53-113)59(4)114)108-96(127)88(60(5)115)109-92(123)70(30-21-22-39-102)103-94(125)72(46-67-37-36-65-28-18-19-29-69(65)67)105-91(122)68(47-77(74)116)42-61-24-13-11-14-25-61/h11-20,23-29,37,44-45,57-60,63,66,68,70-75,79-82,88-89,113-115,130H,21-22,30-36,38-43,46-55,102H2,1-10H3,(H,103,125)(H,104,121)(H,105,122)(H,106,126)(H,107,124)(H,108,127)(H,109,123)/b20-17+,56-23+/t57-,58+,59-,60-,63?,66?,68-,70+,71-,72-,73-,74+,75+,79+,80?,81-,82+,88+,89+,99+,100-/m1/s1. The number of imide groups is 1. The van der Waals surface area contributed by atoms with E-state index in [4.69, 9.17) is 41.0 Å². The van der Waals surface area contributed by atoms with Gasteiger partial charge in [-0.15, -0.1) is 11.8 Å². The van der Waals surface area contributed by atoms with Crippen molar-refractivity contribution in [3.63, 3.8) is 0 Å². The summed E-state index contributed by atoms with van der Waals surface area (Å²) in [5.41, 5.74) is 8.71. The van der Waals surface area contributed by atoms with E-state index >= 15 is 19.2 Å². The Morgan fingerprint density at radius 2 is 1.47 bits per heavy atom. The molecular weight excluding hydrogens is 1850 g/mol. The Hall–Kier alpha value is -10.1. The maximum Gasteiger partial charge on any atom is 0.328 e. The lowest BCUT2D eigenvalue weighted by atomic mass is 9.78. The number of ketones is 1. The molecule has 19 atom stereocenters. The highest BCUT2D eigenvalue weighted by molar-refractivity contribution is 8.76. The van der Waals surface area contributed by atoms with Crippen molar-refractivity contribution in [3.8, 4) is 5.75 Å². The van der Waals surface area contributed by atoms with E-state index < -0.39 is 221 Å². The topological polar surface area (TPSA) is 489 Å². The number of nitrogens with zero attached hydrogens (tertiary/aromatic N) is 3. The maximum atomic E-state index is 15.6. The van der Waals surface area contributed by atoms with Crippen LogP contribution >= 0.6 is 45.0 Å². The number of hydrogen-bond donors (Lipinski definition) is 12. The monoisotopic (exact) mass is 1990 g/mol. The first kappa shape index (κ1) is 108. The van der Waals surface area contributed by atoms with Crippen LogP contribution in [0.25, 0.3) is 5.57 Å². The number of allylic oxidation sites excluding steroid dienone is 4. The van der Waals surface area contributed by atoms with Gasteiger partial charge in [-0.3, -0.25) is 67.2 Å². The van der Waals surface area contributed by atoms with Crippen LogP contribution in [0.3, 0.4) is 0 Å². The first-order chi connectivity index (χ1) is 65.8. The average molecular weight is 1990 g/mol. The fraction of sp³-hybridized carbons (Fsp3) is 0.560. The van der Waals surface area contributed by atoms with Gasteiger partial charge in [0, 0.05) is 101 Å². The highest BCUT2D eigenvalue weighted by Gasteiger charge is 2.65. The Kier molecular flexibility index (Phi) is 39.5. The number of hydrogen-bond acceptors (Lipinski definition) is 27. The Morgan fingerprint density at radius 3 is 2.15 bits per heavy atom. The summed E-state index contributed by atoms with van der Waals surface area (Å²) in [6.45, 7) is 9.00. The van der Waals surface area contributed by atoms with Gasteiger partial charge in [0.05, 0.1) is 74.0 Å². The van der Waals surface area contributed by atoms with Crippen LogP contribution in [0.4, 0.5) is 5.69 Å². The number of Topliss-reactive ketones (excluding diaryl/α,β-unsaturated/α-hetero) is 1. The number of rotatable bonds is 30. The molecule has 0 aromatic heterocycles. The van der Waals surface area contributed by atoms with Crippen molar-refractivity contribution in [1.82, 2.24) is 47.0 Å². The zero-order chi connectivity index (χ0) is 100.0. The molecular formula is C100H132ClN11O23S3. The van der Waals surface area contributed by atoms with Crippen molar-refractivity contribution in [2.24, 2.45) is 29.4 Å². The maximum absolute atomic E-state index is 15.6. The van der Waals surface area contributed by atoms with Gasteiger partial charge in [-0.05, 0) is 163 Å². The zero-order valence-corrected chi connectivity index (χ0v) is 83.0. The summed E-state index contributed by atoms with van der Waals surface area (Å²) >= 11 is 8.05. The number of amides is 11. The van der Waals surface area contributed by atoms with Crippen molar-refractivity contribution in [1.29, 1.82) is 0 Å². The lowest BCUT2D eigenvalue weighted by molar-refractivity contribution is -0.192. The minimum Gasteiger partial charge on any atom is -0.495 e. The summed E-state index contributed by atoms with van der Waals surface area (Å²) in [7, 11) is 7.86. The predicted octanol–water partition coefficient (Wildman–Crippen LogP) is 5.97. The number of nitrogens with two attached hydrogens (primary N) is 1. The number of aliphatic hydroxyl groups is 4. The number of likely N-dealkylation sites (tertiary alicyclic amines) is 1. The molecule has 38 heteroatoms. The predicted molar refractivity (Wildman–Crippen MR) is 522 cm³/mol. The third kappa shape index (κ3) is 28.7. The second kappa shape index (κ2) is 50.4. The second-order valence-electron chi connectivity index (χ2n) is 37.4. The van der Waals surface area contributed by atoms with E-state index in [1.165, 1.54) is 63.8 Å². The molecule has 7 aliphatic rings. The van der Waals surface area contributed by atoms with Gasteiger partial charge in [-0.2, -0.15) is 0 Å². The van der Waals surface area contributed by atoms with Crippen LogP contribution in [0.5, 0.6) is 5.75 Å². The SMILES string of the molecule is COc1cc2cc(c1Cl)N(C)C(=O)C[C@H](OC(=O)[C@H](C)N(C)C(=O)CCSC1CC(=O)N(CC3CCC(C(=O)N[C@H](Cc4ccccc4)C(=O)N[C@H]4CSSC[C@@H](C(=O)N[C@H](CO)[C@@H](C)O)NC(=O)[C@H]([C@@H](C)O)NC(=O)[C@H](CCCCN)NC(=O)[C@@H](CC5=CCc6ccccc65)NC(=O)[C@H](Cc5ccccc5)CC4=O)CC3)C1=O)[C@]1(C)O[C@H]1[C@H](C)[C@@H]1C[C@@](O)(CC(=O)O1)[C@H](OC)C/C=C/C=C(\C)C2. The molecule has 4 aromatic carbocycles. The molecule has 138 heavy (non-hydrogen) atoms. The molecule has 5 fully saturated rings. The van der Waals surface area contributed by atoms with E-state index in [0.29, 0.717) is 79.5 Å². The van der Waals surface area contributed by atoms with E-state index in [2.05, 4.69) is 37.2 Å². The van der Waals surface area contributed by atoms with Gasteiger partial charge in [-0.1, -0.05) is 155 Å². The third-order valence-corrected chi connectivity index (χ3v) is 31.3. The van der Waals surface area contributed by atoms with Crippen molar-refractivity contribution in [2.45, 2.75) is 265 Å². The lowest BCUT2D eigenvalue weighted by Crippen LogP contribution is -2.61. The molecule has 4 aromatic rings. The first-order valence-electron chi connectivity index (χ1n) is 47.3. The molecule has 11 amide bonds.